The third kappa shape index (κ3) is 4.03. The largest absolute Gasteiger partial charge is 0.451 e. The molecule has 1 heterocycles. The topological polar surface area (TPSA) is 59.5 Å². The fourth-order valence-electron chi connectivity index (χ4n) is 1.45. The number of likely N-dealkylation sites (N-methyl/N-ethyl adjacent to an activating group) is 1. The van der Waals surface area contributed by atoms with Crippen LogP contribution in [0.25, 0.3) is 10.6 Å². The van der Waals surface area contributed by atoms with Gasteiger partial charge in [-0.2, -0.15) is 0 Å². The Morgan fingerprint density at radius 2 is 2.14 bits per heavy atom. The molecule has 0 N–H and O–H groups in total. The van der Waals surface area contributed by atoms with Crippen LogP contribution >= 0.6 is 22.9 Å². The number of hydrogen-bond donors (Lipinski definition) is 0. The van der Waals surface area contributed by atoms with Gasteiger partial charge in [0.2, 0.25) is 0 Å². The van der Waals surface area contributed by atoms with Gasteiger partial charge in [-0.15, -0.1) is 11.3 Å². The Balaban J connectivity index is 2.06. The van der Waals surface area contributed by atoms with Gasteiger partial charge in [0.15, 0.2) is 12.3 Å². The number of ether oxygens (including phenoxy) is 1. The molecule has 0 fully saturated rings. The minimum Gasteiger partial charge on any atom is -0.451 e. The van der Waals surface area contributed by atoms with Gasteiger partial charge in [0.25, 0.3) is 5.91 Å². The number of aromatic nitrogens is 1. The second-order valence-electron chi connectivity index (χ2n) is 4.41. The van der Waals surface area contributed by atoms with E-state index in [0.29, 0.717) is 10.0 Å². The summed E-state index contributed by atoms with van der Waals surface area (Å²) < 4.78 is 4.91. The van der Waals surface area contributed by atoms with Crippen molar-refractivity contribution in [2.24, 2.45) is 0 Å². The lowest BCUT2D eigenvalue weighted by Crippen LogP contribution is -2.27. The highest BCUT2D eigenvalue weighted by atomic mass is 35.5. The lowest BCUT2D eigenvalue weighted by molar-refractivity contribution is -0.131. The maximum Gasteiger partial charge on any atom is 0.358 e. The van der Waals surface area contributed by atoms with E-state index in [9.17, 15) is 9.59 Å². The van der Waals surface area contributed by atoms with Crippen LogP contribution in [0, 0.1) is 0 Å². The summed E-state index contributed by atoms with van der Waals surface area (Å²) in [5, 5.41) is 2.87. The predicted octanol–water partition coefficient (Wildman–Crippen LogP) is 2.71. The van der Waals surface area contributed by atoms with E-state index in [1.165, 1.54) is 16.2 Å². The van der Waals surface area contributed by atoms with E-state index in [2.05, 4.69) is 4.98 Å². The van der Waals surface area contributed by atoms with Gasteiger partial charge < -0.3 is 9.64 Å². The van der Waals surface area contributed by atoms with E-state index in [1.54, 1.807) is 31.6 Å². The number of hydrogen-bond acceptors (Lipinski definition) is 5. The van der Waals surface area contributed by atoms with Crippen LogP contribution in [-0.2, 0) is 9.53 Å². The molecule has 0 saturated carbocycles. The number of esters is 1. The van der Waals surface area contributed by atoms with Crippen LogP contribution in [0.15, 0.2) is 29.6 Å². The number of carbonyl (C=O) groups is 2. The zero-order valence-corrected chi connectivity index (χ0v) is 13.1. The molecule has 7 heteroatoms. The monoisotopic (exact) mass is 324 g/mol. The third-order valence-electron chi connectivity index (χ3n) is 2.61. The van der Waals surface area contributed by atoms with Gasteiger partial charge in [-0.25, -0.2) is 9.78 Å². The first-order valence-corrected chi connectivity index (χ1v) is 7.32. The van der Waals surface area contributed by atoms with E-state index in [1.807, 2.05) is 12.1 Å². The number of halogens is 1. The van der Waals surface area contributed by atoms with Crippen molar-refractivity contribution in [1.29, 1.82) is 0 Å². The molecule has 1 aromatic carbocycles. The average Bonchev–Trinajstić information content (AvgIpc) is 2.94. The first-order valence-electron chi connectivity index (χ1n) is 6.06. The second kappa shape index (κ2) is 6.69. The lowest BCUT2D eigenvalue weighted by Gasteiger charge is -2.09. The summed E-state index contributed by atoms with van der Waals surface area (Å²) >= 11 is 7.24. The van der Waals surface area contributed by atoms with Crippen LogP contribution < -0.4 is 0 Å². The van der Waals surface area contributed by atoms with E-state index in [0.717, 1.165) is 5.56 Å². The summed E-state index contributed by atoms with van der Waals surface area (Å²) in [6, 6.07) is 7.20. The number of benzene rings is 1. The molecular formula is C14H13ClN2O3S. The molecule has 110 valence electrons. The number of thiazole rings is 1. The van der Waals surface area contributed by atoms with E-state index < -0.39 is 5.97 Å². The Kier molecular flexibility index (Phi) is 4.93. The highest BCUT2D eigenvalue weighted by Gasteiger charge is 2.15. The molecule has 0 atom stereocenters. The molecule has 0 aliphatic heterocycles. The van der Waals surface area contributed by atoms with Crippen molar-refractivity contribution >= 4 is 34.8 Å². The molecule has 2 aromatic rings. The zero-order valence-electron chi connectivity index (χ0n) is 11.5. The van der Waals surface area contributed by atoms with Crippen molar-refractivity contribution in [3.8, 4) is 10.6 Å². The molecule has 0 aliphatic carbocycles. The summed E-state index contributed by atoms with van der Waals surface area (Å²) in [7, 11) is 3.19. The molecule has 0 saturated heterocycles. The van der Waals surface area contributed by atoms with Crippen molar-refractivity contribution < 1.29 is 14.3 Å². The van der Waals surface area contributed by atoms with Gasteiger partial charge in [0, 0.05) is 30.1 Å². The summed E-state index contributed by atoms with van der Waals surface area (Å²) in [5.41, 5.74) is 1.01. The molecule has 0 bridgehead atoms. The Morgan fingerprint density at radius 1 is 1.38 bits per heavy atom. The van der Waals surface area contributed by atoms with Gasteiger partial charge >= 0.3 is 5.97 Å². The summed E-state index contributed by atoms with van der Waals surface area (Å²) in [4.78, 5) is 28.7. The molecule has 1 amide bonds. The minimum atomic E-state index is -0.616. The van der Waals surface area contributed by atoms with Crippen LogP contribution in [-0.4, -0.2) is 42.5 Å². The van der Waals surface area contributed by atoms with Crippen molar-refractivity contribution in [2.45, 2.75) is 0 Å². The third-order valence-corrected chi connectivity index (χ3v) is 3.74. The summed E-state index contributed by atoms with van der Waals surface area (Å²) in [6.07, 6.45) is 0. The molecule has 0 radical (unpaired) electrons. The van der Waals surface area contributed by atoms with Gasteiger partial charge in [0.05, 0.1) is 0 Å². The van der Waals surface area contributed by atoms with Crippen LogP contribution in [0.1, 0.15) is 10.5 Å². The minimum absolute atomic E-state index is 0.182. The van der Waals surface area contributed by atoms with E-state index in [-0.39, 0.29) is 18.2 Å². The fourth-order valence-corrected chi connectivity index (χ4v) is 2.43. The number of nitrogens with zero attached hydrogens (tertiary/aromatic N) is 2. The number of carbonyl (C=O) groups excluding carboxylic acids is 2. The van der Waals surface area contributed by atoms with Crippen LogP contribution in [0.3, 0.4) is 0 Å². The Hall–Kier alpha value is -1.92. The Labute approximate surface area is 131 Å². The van der Waals surface area contributed by atoms with Crippen LogP contribution in [0.2, 0.25) is 5.02 Å². The predicted molar refractivity (Wildman–Crippen MR) is 81.5 cm³/mol. The molecule has 21 heavy (non-hydrogen) atoms. The van der Waals surface area contributed by atoms with Gasteiger partial charge in [-0.05, 0) is 12.1 Å². The lowest BCUT2D eigenvalue weighted by atomic mass is 10.2. The first kappa shape index (κ1) is 15.5. The number of rotatable bonds is 4. The maximum atomic E-state index is 11.8. The first-order chi connectivity index (χ1) is 9.97. The molecule has 0 unspecified atom stereocenters. The normalized spacial score (nSPS) is 10.2. The smallest absolute Gasteiger partial charge is 0.358 e. The molecule has 0 spiro atoms. The van der Waals surface area contributed by atoms with Crippen LogP contribution in [0.5, 0.6) is 0 Å². The fraction of sp³-hybridized carbons (Fsp3) is 0.214. The zero-order chi connectivity index (χ0) is 15.4. The van der Waals surface area contributed by atoms with Gasteiger partial charge in [-0.1, -0.05) is 23.7 Å². The summed E-state index contributed by atoms with van der Waals surface area (Å²) in [6.45, 7) is -0.296. The molecule has 5 nitrogen and oxygen atoms in total. The second-order valence-corrected chi connectivity index (χ2v) is 5.71. The SMILES string of the molecule is CN(C)C(=O)COC(=O)c1csc(-c2cccc(Cl)c2)n1. The Morgan fingerprint density at radius 3 is 2.81 bits per heavy atom. The average molecular weight is 325 g/mol. The standard InChI is InChI=1S/C14H13ClN2O3S/c1-17(2)12(18)7-20-14(19)11-8-21-13(16-11)9-4-3-5-10(15)6-9/h3-6,8H,7H2,1-2H3. The number of amides is 1. The van der Waals surface area contributed by atoms with E-state index in [4.69, 9.17) is 16.3 Å². The summed E-state index contributed by atoms with van der Waals surface area (Å²) in [5.74, 6) is -0.900. The van der Waals surface area contributed by atoms with Gasteiger partial charge in [0.1, 0.15) is 5.01 Å². The van der Waals surface area contributed by atoms with E-state index >= 15 is 0 Å². The van der Waals surface area contributed by atoms with Crippen LogP contribution in [0.4, 0.5) is 0 Å². The van der Waals surface area contributed by atoms with Gasteiger partial charge in [-0.3, -0.25) is 4.79 Å². The highest BCUT2D eigenvalue weighted by molar-refractivity contribution is 7.13. The van der Waals surface area contributed by atoms with Crippen molar-refractivity contribution in [2.75, 3.05) is 20.7 Å². The molecule has 2 rings (SSSR count). The van der Waals surface area contributed by atoms with Crippen molar-refractivity contribution in [3.05, 3.63) is 40.4 Å². The molecule has 0 aliphatic rings. The molecular weight excluding hydrogens is 312 g/mol. The van der Waals surface area contributed by atoms with Crippen molar-refractivity contribution in [1.82, 2.24) is 9.88 Å². The van der Waals surface area contributed by atoms with Crippen molar-refractivity contribution in [3.63, 3.8) is 0 Å². The quantitative estimate of drug-likeness (QED) is 0.811. The highest BCUT2D eigenvalue weighted by Crippen LogP contribution is 2.26. The Bertz CT molecular complexity index is 670. The maximum absolute atomic E-state index is 11.8. The molecule has 1 aromatic heterocycles.